The number of nitrogens with zero attached hydrogens (tertiary/aromatic N) is 3. The fraction of sp³-hybridized carbons (Fsp3) is 0.0455. The second-order valence-corrected chi connectivity index (χ2v) is 8.83. The number of hydrogen-bond acceptors (Lipinski definition) is 8. The van der Waals surface area contributed by atoms with Crippen LogP contribution in [0.5, 0.6) is 0 Å². The van der Waals surface area contributed by atoms with Gasteiger partial charge in [-0.3, -0.25) is 29.6 Å². The van der Waals surface area contributed by atoms with E-state index < -0.39 is 38.4 Å². The van der Waals surface area contributed by atoms with Crippen LogP contribution in [0.2, 0.25) is 0 Å². The Hall–Kier alpha value is -4.42. The number of sulfonamides is 1. The van der Waals surface area contributed by atoms with E-state index in [1.165, 1.54) is 42.6 Å². The standard InChI is InChI=1S/C22H16N4O7S/c23-34(32,33)16-10-8-14(9-11-16)25-19(17-3-1-2-12-24-17)18(21(28)22(25)29)20(27)13-4-6-15(7-5-13)26(30)31/h1-12,19,27H,(H2,23,32,33)/b20-18+. The van der Waals surface area contributed by atoms with Gasteiger partial charge in [0.2, 0.25) is 10.0 Å². The molecule has 12 heteroatoms. The smallest absolute Gasteiger partial charge is 0.300 e. The van der Waals surface area contributed by atoms with Crippen LogP contribution in [0, 0.1) is 10.1 Å². The molecule has 0 bridgehead atoms. The van der Waals surface area contributed by atoms with Gasteiger partial charge in [0.25, 0.3) is 17.4 Å². The molecule has 0 aliphatic carbocycles. The maximum absolute atomic E-state index is 13.0. The zero-order chi connectivity index (χ0) is 24.6. The number of ketones is 1. The number of nitro groups is 1. The van der Waals surface area contributed by atoms with E-state index in [2.05, 4.69) is 4.98 Å². The second kappa shape index (κ2) is 8.50. The van der Waals surface area contributed by atoms with Gasteiger partial charge >= 0.3 is 0 Å². The van der Waals surface area contributed by atoms with Crippen molar-refractivity contribution in [2.24, 2.45) is 5.14 Å². The van der Waals surface area contributed by atoms with E-state index in [4.69, 9.17) is 5.14 Å². The topological polar surface area (TPSA) is 174 Å². The van der Waals surface area contributed by atoms with Crippen molar-refractivity contribution in [3.63, 3.8) is 0 Å². The van der Waals surface area contributed by atoms with Crippen molar-refractivity contribution >= 4 is 38.8 Å². The predicted octanol–water partition coefficient (Wildman–Crippen LogP) is 2.26. The van der Waals surface area contributed by atoms with Gasteiger partial charge in [-0.25, -0.2) is 13.6 Å². The van der Waals surface area contributed by atoms with Gasteiger partial charge in [-0.15, -0.1) is 0 Å². The third-order valence-corrected chi connectivity index (χ3v) is 6.14. The Morgan fingerprint density at radius 3 is 2.21 bits per heavy atom. The molecule has 0 radical (unpaired) electrons. The lowest BCUT2D eigenvalue weighted by molar-refractivity contribution is -0.384. The number of carbonyl (C=O) groups is 2. The van der Waals surface area contributed by atoms with Gasteiger partial charge in [0.15, 0.2) is 0 Å². The lowest BCUT2D eigenvalue weighted by Crippen LogP contribution is -2.29. The molecule has 2 aromatic carbocycles. The number of anilines is 1. The van der Waals surface area contributed by atoms with Crippen molar-refractivity contribution in [1.29, 1.82) is 0 Å². The van der Waals surface area contributed by atoms with Gasteiger partial charge in [-0.1, -0.05) is 6.07 Å². The summed E-state index contributed by atoms with van der Waals surface area (Å²) in [4.78, 5) is 41.5. The molecule has 1 amide bonds. The van der Waals surface area contributed by atoms with E-state index in [1.54, 1.807) is 18.2 Å². The summed E-state index contributed by atoms with van der Waals surface area (Å²) < 4.78 is 23.2. The fourth-order valence-corrected chi connectivity index (χ4v) is 4.12. The summed E-state index contributed by atoms with van der Waals surface area (Å²) >= 11 is 0. The Bertz CT molecular complexity index is 1430. The molecule has 0 spiro atoms. The molecular weight excluding hydrogens is 464 g/mol. The first-order valence-corrected chi connectivity index (χ1v) is 11.2. The summed E-state index contributed by atoms with van der Waals surface area (Å²) in [7, 11) is -3.98. The summed E-state index contributed by atoms with van der Waals surface area (Å²) in [6.45, 7) is 0. The number of nitro benzene ring substituents is 1. The van der Waals surface area contributed by atoms with Gasteiger partial charge in [-0.05, 0) is 48.5 Å². The minimum absolute atomic E-state index is 0.0918. The number of pyridine rings is 1. The number of hydrogen-bond donors (Lipinski definition) is 2. The number of rotatable bonds is 5. The van der Waals surface area contributed by atoms with Crippen LogP contribution in [-0.2, 0) is 19.6 Å². The molecule has 0 saturated carbocycles. The van der Waals surface area contributed by atoms with Crippen LogP contribution in [0.1, 0.15) is 17.3 Å². The first kappa shape index (κ1) is 22.8. The van der Waals surface area contributed by atoms with Crippen molar-refractivity contribution in [3.05, 3.63) is 99.9 Å². The van der Waals surface area contributed by atoms with E-state index in [-0.39, 0.29) is 33.1 Å². The third-order valence-electron chi connectivity index (χ3n) is 5.21. The quantitative estimate of drug-likeness (QED) is 0.184. The molecule has 3 aromatic rings. The number of non-ortho nitro benzene ring substituents is 1. The highest BCUT2D eigenvalue weighted by atomic mass is 32.2. The van der Waals surface area contributed by atoms with E-state index in [1.807, 2.05) is 0 Å². The van der Waals surface area contributed by atoms with E-state index in [0.717, 1.165) is 17.0 Å². The minimum atomic E-state index is -3.98. The maximum Gasteiger partial charge on any atom is 0.300 e. The van der Waals surface area contributed by atoms with Crippen LogP contribution in [0.15, 0.2) is 83.4 Å². The number of carbonyl (C=O) groups excluding carboxylic acids is 2. The molecule has 1 unspecified atom stereocenters. The molecule has 34 heavy (non-hydrogen) atoms. The summed E-state index contributed by atoms with van der Waals surface area (Å²) in [6.07, 6.45) is 1.45. The second-order valence-electron chi connectivity index (χ2n) is 7.27. The Balaban J connectivity index is 1.88. The zero-order valence-electron chi connectivity index (χ0n) is 17.2. The number of Topliss-reactive ketones (excluding diaryl/α,β-unsaturated/α-hetero) is 1. The highest BCUT2D eigenvalue weighted by Crippen LogP contribution is 2.41. The largest absolute Gasteiger partial charge is 0.507 e. The lowest BCUT2D eigenvalue weighted by Gasteiger charge is -2.24. The SMILES string of the molecule is NS(=O)(=O)c1ccc(N2C(=O)C(=O)/C(=C(/O)c3ccc([N+](=O)[O-])cc3)C2c2ccccn2)cc1. The van der Waals surface area contributed by atoms with Gasteiger partial charge in [0.1, 0.15) is 11.8 Å². The molecule has 2 heterocycles. The van der Waals surface area contributed by atoms with Crippen molar-refractivity contribution in [2.45, 2.75) is 10.9 Å². The molecule has 1 saturated heterocycles. The van der Waals surface area contributed by atoms with Crippen molar-refractivity contribution in [3.8, 4) is 0 Å². The number of amides is 1. The fourth-order valence-electron chi connectivity index (χ4n) is 3.61. The average Bonchev–Trinajstić information content (AvgIpc) is 3.09. The van der Waals surface area contributed by atoms with Gasteiger partial charge in [0, 0.05) is 29.6 Å². The summed E-state index contributed by atoms with van der Waals surface area (Å²) in [5.74, 6) is -2.50. The summed E-state index contributed by atoms with van der Waals surface area (Å²) in [5.41, 5.74) is 0.0454. The molecule has 1 aliphatic heterocycles. The van der Waals surface area contributed by atoms with Crippen LogP contribution in [-0.4, -0.2) is 35.1 Å². The Morgan fingerprint density at radius 2 is 1.68 bits per heavy atom. The molecule has 1 atom stereocenters. The van der Waals surface area contributed by atoms with Crippen LogP contribution >= 0.6 is 0 Å². The number of aromatic nitrogens is 1. The molecule has 3 N–H and O–H groups in total. The van der Waals surface area contributed by atoms with Crippen molar-refractivity contribution < 1.29 is 28.0 Å². The molecule has 172 valence electrons. The molecule has 11 nitrogen and oxygen atoms in total. The zero-order valence-corrected chi connectivity index (χ0v) is 18.0. The van der Waals surface area contributed by atoms with Crippen molar-refractivity contribution in [1.82, 2.24) is 4.98 Å². The first-order valence-electron chi connectivity index (χ1n) is 9.69. The molecule has 4 rings (SSSR count). The van der Waals surface area contributed by atoms with E-state index in [9.17, 15) is 33.2 Å². The van der Waals surface area contributed by atoms with Crippen molar-refractivity contribution in [2.75, 3.05) is 4.90 Å². The molecule has 1 aromatic heterocycles. The molecule has 1 aliphatic rings. The number of aliphatic hydroxyl groups is 1. The highest BCUT2D eigenvalue weighted by Gasteiger charge is 2.47. The predicted molar refractivity (Wildman–Crippen MR) is 120 cm³/mol. The maximum atomic E-state index is 13.0. The van der Waals surface area contributed by atoms with Crippen LogP contribution < -0.4 is 10.0 Å². The van der Waals surface area contributed by atoms with E-state index in [0.29, 0.717) is 0 Å². The normalized spacial score (nSPS) is 17.7. The summed E-state index contributed by atoms with van der Waals surface area (Å²) in [5, 5.41) is 27.0. The summed E-state index contributed by atoms with van der Waals surface area (Å²) in [6, 6.07) is 13.5. The first-order chi connectivity index (χ1) is 16.1. The average molecular weight is 480 g/mol. The monoisotopic (exact) mass is 480 g/mol. The number of nitrogens with two attached hydrogens (primary N) is 1. The van der Waals surface area contributed by atoms with Gasteiger partial charge in [0.05, 0.1) is 21.1 Å². The van der Waals surface area contributed by atoms with E-state index >= 15 is 0 Å². The van der Waals surface area contributed by atoms with Crippen LogP contribution in [0.25, 0.3) is 5.76 Å². The molecular formula is C22H16N4O7S. The van der Waals surface area contributed by atoms with Gasteiger partial charge < -0.3 is 5.11 Å². The third kappa shape index (κ3) is 4.02. The number of aliphatic hydroxyl groups excluding tert-OH is 1. The minimum Gasteiger partial charge on any atom is -0.507 e. The lowest BCUT2D eigenvalue weighted by atomic mass is 9.98. The van der Waals surface area contributed by atoms with Crippen LogP contribution in [0.3, 0.4) is 0 Å². The number of primary sulfonamides is 1. The number of benzene rings is 2. The Kier molecular flexibility index (Phi) is 5.69. The Labute approximate surface area is 193 Å². The van der Waals surface area contributed by atoms with Crippen LogP contribution in [0.4, 0.5) is 11.4 Å². The van der Waals surface area contributed by atoms with Gasteiger partial charge in [-0.2, -0.15) is 0 Å². The molecule has 1 fully saturated rings. The Morgan fingerprint density at radius 1 is 1.03 bits per heavy atom. The highest BCUT2D eigenvalue weighted by molar-refractivity contribution is 7.89.